The van der Waals surface area contributed by atoms with E-state index in [0.29, 0.717) is 19.4 Å². The monoisotopic (exact) mass is 510 g/mol. The van der Waals surface area contributed by atoms with Crippen molar-refractivity contribution in [3.8, 4) is 6.07 Å². The number of rotatable bonds is 7. The molecular formula is C30H46N4O3. The summed E-state index contributed by atoms with van der Waals surface area (Å²) in [7, 11) is 0. The summed E-state index contributed by atoms with van der Waals surface area (Å²) in [5.74, 6) is 2.24. The Hall–Kier alpha value is -2.10. The van der Waals surface area contributed by atoms with Crippen molar-refractivity contribution in [1.82, 2.24) is 15.5 Å². The molecule has 1 heterocycles. The second-order valence-corrected chi connectivity index (χ2v) is 14.9. The van der Waals surface area contributed by atoms with E-state index in [4.69, 9.17) is 0 Å². The molecule has 4 bridgehead atoms. The van der Waals surface area contributed by atoms with Crippen LogP contribution in [0.5, 0.6) is 0 Å². The van der Waals surface area contributed by atoms with Gasteiger partial charge in [-0.2, -0.15) is 5.26 Å². The van der Waals surface area contributed by atoms with E-state index >= 15 is 0 Å². The first kappa shape index (κ1) is 26.5. The zero-order valence-electron chi connectivity index (χ0n) is 23.6. The lowest BCUT2D eigenvalue weighted by molar-refractivity contribution is -0.146. The number of hydrogen-bond acceptors (Lipinski definition) is 4. The second-order valence-electron chi connectivity index (χ2n) is 14.9. The molecule has 3 amide bonds. The maximum absolute atomic E-state index is 14.1. The van der Waals surface area contributed by atoms with Gasteiger partial charge in [0.15, 0.2) is 0 Å². The first-order valence-electron chi connectivity index (χ1n) is 14.6. The van der Waals surface area contributed by atoms with E-state index in [1.54, 1.807) is 4.90 Å². The molecule has 7 heteroatoms. The fourth-order valence-corrected chi connectivity index (χ4v) is 9.17. The summed E-state index contributed by atoms with van der Waals surface area (Å²) >= 11 is 0. The molecule has 6 rings (SSSR count). The average molecular weight is 511 g/mol. The molecule has 6 aliphatic rings. The molecule has 0 aromatic rings. The summed E-state index contributed by atoms with van der Waals surface area (Å²) in [6, 6.07) is 0.287. The third kappa shape index (κ3) is 4.68. The van der Waals surface area contributed by atoms with Crippen LogP contribution in [0, 0.1) is 57.2 Å². The number of fused-ring (bicyclic) bond motifs is 1. The van der Waals surface area contributed by atoms with Gasteiger partial charge in [-0.05, 0) is 90.8 Å². The molecule has 1 unspecified atom stereocenters. The van der Waals surface area contributed by atoms with Crippen molar-refractivity contribution in [2.75, 3.05) is 6.54 Å². The fraction of sp³-hybridized carbons (Fsp3) is 0.867. The minimum Gasteiger partial charge on any atom is -0.344 e. The fourth-order valence-electron chi connectivity index (χ4n) is 9.17. The van der Waals surface area contributed by atoms with Crippen LogP contribution in [0.15, 0.2) is 0 Å². The van der Waals surface area contributed by atoms with Gasteiger partial charge >= 0.3 is 0 Å². The Labute approximate surface area is 222 Å². The SMILES string of the molecule is CC[C@@H](C#N)NC(=O)[C@@H]1[C@@H]2C(CN1C(=O)[C@@H](NC(=O)CC13CC4CC(CC(C4)C1)C3)C(C)(C)C)C2(C)C. The molecule has 0 radical (unpaired) electrons. The number of nitrogens with zero attached hydrogens (tertiary/aromatic N) is 2. The van der Waals surface area contributed by atoms with Crippen molar-refractivity contribution in [2.24, 2.45) is 45.8 Å². The maximum Gasteiger partial charge on any atom is 0.246 e. The Bertz CT molecular complexity index is 970. The largest absolute Gasteiger partial charge is 0.344 e. The van der Waals surface area contributed by atoms with Crippen molar-refractivity contribution in [2.45, 2.75) is 111 Å². The lowest BCUT2D eigenvalue weighted by Gasteiger charge is -2.56. The molecule has 37 heavy (non-hydrogen) atoms. The van der Waals surface area contributed by atoms with Crippen molar-refractivity contribution in [3.63, 3.8) is 0 Å². The van der Waals surface area contributed by atoms with Crippen molar-refractivity contribution >= 4 is 17.7 Å². The molecule has 6 fully saturated rings. The minimum absolute atomic E-state index is 0.00781. The van der Waals surface area contributed by atoms with Crippen LogP contribution in [0.4, 0.5) is 0 Å². The predicted molar refractivity (Wildman–Crippen MR) is 141 cm³/mol. The van der Waals surface area contributed by atoms with E-state index in [1.807, 2.05) is 27.7 Å². The Morgan fingerprint density at radius 2 is 1.59 bits per heavy atom. The van der Waals surface area contributed by atoms with Gasteiger partial charge < -0.3 is 15.5 Å². The highest BCUT2D eigenvalue weighted by atomic mass is 16.2. The second kappa shape index (κ2) is 8.99. The van der Waals surface area contributed by atoms with Crippen molar-refractivity contribution in [1.29, 1.82) is 5.26 Å². The smallest absolute Gasteiger partial charge is 0.246 e. The van der Waals surface area contributed by atoms with Gasteiger partial charge in [0.2, 0.25) is 17.7 Å². The van der Waals surface area contributed by atoms with Gasteiger partial charge in [0.1, 0.15) is 18.1 Å². The van der Waals surface area contributed by atoms with Crippen LogP contribution in [0.2, 0.25) is 0 Å². The topological polar surface area (TPSA) is 102 Å². The zero-order valence-corrected chi connectivity index (χ0v) is 23.6. The van der Waals surface area contributed by atoms with Crippen LogP contribution in [0.1, 0.15) is 92.9 Å². The predicted octanol–water partition coefficient (Wildman–Crippen LogP) is 4.03. The van der Waals surface area contributed by atoms with E-state index in [-0.39, 0.29) is 40.4 Å². The van der Waals surface area contributed by atoms with Gasteiger partial charge in [-0.3, -0.25) is 14.4 Å². The standard InChI is InChI=1S/C30H46N4O3/c1-7-20(15-31)32-26(36)24-23-21(29(23,5)6)16-34(24)27(37)25(28(2,3)4)33-22(35)14-30-11-17-8-18(12-30)10-19(9-17)13-30/h17-21,23-25H,7-14,16H2,1-6H3,(H,32,36)(H,33,35)/t17?,18?,19?,20-,21?,23-,24-,25+,30?/m0/s1. The molecule has 2 N–H and O–H groups in total. The molecule has 0 spiro atoms. The van der Waals surface area contributed by atoms with Crippen LogP contribution in [-0.2, 0) is 14.4 Å². The molecule has 1 aliphatic heterocycles. The summed E-state index contributed by atoms with van der Waals surface area (Å²) in [4.78, 5) is 42.7. The Morgan fingerprint density at radius 3 is 2.08 bits per heavy atom. The lowest BCUT2D eigenvalue weighted by Crippen LogP contribution is -2.60. The summed E-state index contributed by atoms with van der Waals surface area (Å²) in [6.45, 7) is 12.7. The van der Waals surface area contributed by atoms with Crippen LogP contribution < -0.4 is 10.6 Å². The summed E-state index contributed by atoms with van der Waals surface area (Å²) < 4.78 is 0. The first-order chi connectivity index (χ1) is 17.3. The molecule has 0 aromatic carbocycles. The normalized spacial score (nSPS) is 38.4. The Kier molecular flexibility index (Phi) is 6.44. The molecule has 1 saturated heterocycles. The maximum atomic E-state index is 14.1. The number of likely N-dealkylation sites (tertiary alicyclic amines) is 1. The third-order valence-corrected chi connectivity index (χ3v) is 10.8. The van der Waals surface area contributed by atoms with Gasteiger partial charge in [0.25, 0.3) is 0 Å². The number of piperidine rings is 1. The summed E-state index contributed by atoms with van der Waals surface area (Å²) in [5, 5.41) is 15.4. The minimum atomic E-state index is -0.692. The zero-order chi connectivity index (χ0) is 26.9. The quantitative estimate of drug-likeness (QED) is 0.540. The Balaban J connectivity index is 1.31. The van der Waals surface area contributed by atoms with Gasteiger partial charge in [-0.25, -0.2) is 0 Å². The molecular weight excluding hydrogens is 464 g/mol. The molecule has 7 nitrogen and oxygen atoms in total. The molecule has 5 saturated carbocycles. The summed E-state index contributed by atoms with van der Waals surface area (Å²) in [5.41, 5.74) is -0.388. The average Bonchev–Trinajstić information content (AvgIpc) is 3.13. The van der Waals surface area contributed by atoms with E-state index in [0.717, 1.165) is 37.0 Å². The number of carbonyl (C=O) groups is 3. The highest BCUT2D eigenvalue weighted by Crippen LogP contribution is 2.65. The molecule has 0 aromatic heterocycles. The molecule has 5 aliphatic carbocycles. The molecule has 204 valence electrons. The highest BCUT2D eigenvalue weighted by molar-refractivity contribution is 5.94. The first-order valence-corrected chi connectivity index (χ1v) is 14.6. The van der Waals surface area contributed by atoms with Crippen LogP contribution in [-0.4, -0.2) is 47.3 Å². The number of amides is 3. The van der Waals surface area contributed by atoms with E-state index < -0.39 is 23.5 Å². The van der Waals surface area contributed by atoms with Crippen molar-refractivity contribution in [3.05, 3.63) is 0 Å². The van der Waals surface area contributed by atoms with Gasteiger partial charge in [0, 0.05) is 13.0 Å². The van der Waals surface area contributed by atoms with Gasteiger partial charge in [0.05, 0.1) is 6.07 Å². The van der Waals surface area contributed by atoms with Crippen LogP contribution in [0.3, 0.4) is 0 Å². The number of hydrogen-bond donors (Lipinski definition) is 2. The van der Waals surface area contributed by atoms with E-state index in [9.17, 15) is 19.6 Å². The third-order valence-electron chi connectivity index (χ3n) is 10.8. The molecule has 5 atom stereocenters. The van der Waals surface area contributed by atoms with Crippen molar-refractivity contribution < 1.29 is 14.4 Å². The van der Waals surface area contributed by atoms with Crippen LogP contribution >= 0.6 is 0 Å². The van der Waals surface area contributed by atoms with E-state index in [2.05, 4.69) is 30.6 Å². The van der Waals surface area contributed by atoms with Gasteiger partial charge in [-0.1, -0.05) is 41.5 Å². The van der Waals surface area contributed by atoms with Crippen LogP contribution in [0.25, 0.3) is 0 Å². The number of nitriles is 1. The number of carbonyl (C=O) groups excluding carboxylic acids is 3. The Morgan fingerprint density at radius 1 is 1.03 bits per heavy atom. The highest BCUT2D eigenvalue weighted by Gasteiger charge is 2.69. The number of nitrogens with one attached hydrogen (secondary N) is 2. The summed E-state index contributed by atoms with van der Waals surface area (Å²) in [6.07, 6.45) is 8.52. The van der Waals surface area contributed by atoms with Gasteiger partial charge in [-0.15, -0.1) is 0 Å². The lowest BCUT2D eigenvalue weighted by atomic mass is 9.49. The van der Waals surface area contributed by atoms with E-state index in [1.165, 1.54) is 19.3 Å².